The van der Waals surface area contributed by atoms with Crippen LogP contribution in [0.15, 0.2) is 158 Å². The summed E-state index contributed by atoms with van der Waals surface area (Å²) in [4.78, 5) is 29.8. The SMILES string of the molecule is c1ccc(-c2nc(-c3ccccc3)nc(-c3ccc4sc5[se]c6ccc(-c7nc(-c8ccccc8)nc(-c8ccccc8)n7)cc6c5c4c3)n2)cc1. The summed E-state index contributed by atoms with van der Waals surface area (Å²) in [5, 5.41) is 3.74. The molecule has 0 unspecified atom stereocenters. The van der Waals surface area contributed by atoms with E-state index in [2.05, 4.69) is 36.4 Å². The summed E-state index contributed by atoms with van der Waals surface area (Å²) in [7, 11) is 0. The average molecular weight is 750 g/mol. The Hall–Kier alpha value is -6.18. The molecule has 0 saturated heterocycles. The molecule has 4 aromatic heterocycles. The molecular formula is C44H26N6SSe. The topological polar surface area (TPSA) is 77.3 Å². The van der Waals surface area contributed by atoms with Crippen molar-refractivity contribution in [1.82, 2.24) is 29.9 Å². The van der Waals surface area contributed by atoms with Crippen molar-refractivity contribution in [3.63, 3.8) is 0 Å². The molecule has 0 aliphatic heterocycles. The van der Waals surface area contributed by atoms with Crippen molar-refractivity contribution in [2.75, 3.05) is 0 Å². The van der Waals surface area contributed by atoms with E-state index in [1.807, 2.05) is 133 Å². The number of rotatable bonds is 6. The van der Waals surface area contributed by atoms with Crippen LogP contribution >= 0.6 is 11.3 Å². The van der Waals surface area contributed by atoms with Gasteiger partial charge in [0.1, 0.15) is 0 Å². The van der Waals surface area contributed by atoms with Gasteiger partial charge in [-0.3, -0.25) is 0 Å². The Morgan fingerprint density at radius 1 is 0.346 bits per heavy atom. The molecule has 52 heavy (non-hydrogen) atoms. The van der Waals surface area contributed by atoms with Crippen LogP contribution in [0.1, 0.15) is 0 Å². The van der Waals surface area contributed by atoms with Crippen molar-refractivity contribution in [1.29, 1.82) is 0 Å². The number of hydrogen-bond donors (Lipinski definition) is 0. The minimum atomic E-state index is 0.199. The number of benzene rings is 6. The molecule has 0 spiro atoms. The van der Waals surface area contributed by atoms with Crippen LogP contribution in [0, 0.1) is 0 Å². The zero-order valence-corrected chi connectivity index (χ0v) is 30.0. The van der Waals surface area contributed by atoms with Crippen molar-refractivity contribution >= 4 is 54.5 Å². The van der Waals surface area contributed by atoms with Crippen LogP contribution in [-0.2, 0) is 0 Å². The van der Waals surface area contributed by atoms with Gasteiger partial charge >= 0.3 is 310 Å². The van der Waals surface area contributed by atoms with E-state index in [-0.39, 0.29) is 14.5 Å². The first-order chi connectivity index (χ1) is 25.7. The van der Waals surface area contributed by atoms with Gasteiger partial charge in [0.05, 0.1) is 0 Å². The summed E-state index contributed by atoms with van der Waals surface area (Å²) in [5.41, 5.74) is 5.74. The standard InChI is InChI=1S/C44H26N6SSe/c1-5-13-27(14-6-1)38-45-39(28-15-7-2-8-16-28)48-42(47-38)31-21-23-35-33(25-31)37-34-26-32(22-24-36(34)52-44(37)51-35)43-49-40(29-17-9-3-10-18-29)46-41(50-43)30-19-11-4-12-20-30/h1-26H. The molecule has 8 heteroatoms. The van der Waals surface area contributed by atoms with Crippen molar-refractivity contribution in [2.24, 2.45) is 0 Å². The summed E-state index contributed by atoms with van der Waals surface area (Å²) >= 11 is 2.08. The van der Waals surface area contributed by atoms with Gasteiger partial charge in [0, 0.05) is 0 Å². The first-order valence-corrected chi connectivity index (χ1v) is 19.4. The second-order valence-corrected chi connectivity index (χ2v) is 16.2. The number of thiophene rings is 1. The van der Waals surface area contributed by atoms with Gasteiger partial charge in [0.25, 0.3) is 0 Å². The fourth-order valence-electron chi connectivity index (χ4n) is 6.47. The van der Waals surface area contributed by atoms with Gasteiger partial charge in [-0.15, -0.1) is 0 Å². The molecule has 0 saturated carbocycles. The number of fused-ring (bicyclic) bond motifs is 5. The Labute approximate surface area is 309 Å². The van der Waals surface area contributed by atoms with Gasteiger partial charge in [0.2, 0.25) is 0 Å². The van der Waals surface area contributed by atoms with Crippen LogP contribution in [0.2, 0.25) is 0 Å². The van der Waals surface area contributed by atoms with Crippen LogP contribution < -0.4 is 0 Å². The van der Waals surface area contributed by atoms with E-state index in [0.717, 1.165) is 33.4 Å². The van der Waals surface area contributed by atoms with Gasteiger partial charge in [-0.2, -0.15) is 0 Å². The van der Waals surface area contributed by atoms with E-state index in [1.165, 1.54) is 28.7 Å². The first kappa shape index (κ1) is 30.6. The molecule has 4 heterocycles. The summed E-state index contributed by atoms with van der Waals surface area (Å²) in [6.07, 6.45) is 0. The fraction of sp³-hybridized carbons (Fsp3) is 0. The Balaban J connectivity index is 1.13. The third-order valence-corrected chi connectivity index (χ3v) is 13.0. The van der Waals surface area contributed by atoms with Crippen LogP contribution in [0.4, 0.5) is 0 Å². The van der Waals surface area contributed by atoms with Crippen molar-refractivity contribution in [2.45, 2.75) is 0 Å². The molecule has 6 nitrogen and oxygen atoms in total. The van der Waals surface area contributed by atoms with Crippen LogP contribution in [0.25, 0.3) is 97.0 Å². The summed E-state index contributed by atoms with van der Waals surface area (Å²) < 4.78 is 4.04. The minimum absolute atomic E-state index is 0.199. The summed E-state index contributed by atoms with van der Waals surface area (Å²) in [6, 6.07) is 53.7. The first-order valence-electron chi connectivity index (χ1n) is 16.9. The zero-order chi connectivity index (χ0) is 34.4. The number of hydrogen-bond acceptors (Lipinski definition) is 7. The Morgan fingerprint density at radius 2 is 0.712 bits per heavy atom. The van der Waals surface area contributed by atoms with Gasteiger partial charge in [0.15, 0.2) is 0 Å². The second-order valence-electron chi connectivity index (χ2n) is 12.4. The maximum absolute atomic E-state index is 5.01. The molecule has 0 bridgehead atoms. The van der Waals surface area contributed by atoms with E-state index in [1.54, 1.807) is 0 Å². The second kappa shape index (κ2) is 12.9. The molecule has 244 valence electrons. The molecule has 0 fully saturated rings. The van der Waals surface area contributed by atoms with E-state index >= 15 is 0 Å². The molecule has 0 amide bonds. The third kappa shape index (κ3) is 5.60. The maximum atomic E-state index is 5.01. The average Bonchev–Trinajstić information content (AvgIpc) is 3.77. The zero-order valence-electron chi connectivity index (χ0n) is 27.5. The van der Waals surface area contributed by atoms with E-state index in [0.29, 0.717) is 34.9 Å². The molecule has 0 atom stereocenters. The molecule has 0 radical (unpaired) electrons. The Morgan fingerprint density at radius 3 is 1.13 bits per heavy atom. The molecule has 6 aromatic carbocycles. The van der Waals surface area contributed by atoms with E-state index in [9.17, 15) is 0 Å². The molecule has 0 N–H and O–H groups in total. The third-order valence-electron chi connectivity index (χ3n) is 9.02. The van der Waals surface area contributed by atoms with E-state index < -0.39 is 0 Å². The van der Waals surface area contributed by atoms with Crippen LogP contribution in [-0.4, -0.2) is 44.4 Å². The molecule has 10 aromatic rings. The fourth-order valence-corrected chi connectivity index (χ4v) is 10.7. The van der Waals surface area contributed by atoms with Gasteiger partial charge < -0.3 is 0 Å². The number of aromatic nitrogens is 6. The molecule has 10 rings (SSSR count). The predicted molar refractivity (Wildman–Crippen MR) is 213 cm³/mol. The van der Waals surface area contributed by atoms with E-state index in [4.69, 9.17) is 29.9 Å². The monoisotopic (exact) mass is 750 g/mol. The summed E-state index contributed by atoms with van der Waals surface area (Å²) in [6.45, 7) is 0. The van der Waals surface area contributed by atoms with Crippen molar-refractivity contribution in [3.05, 3.63) is 158 Å². The number of nitrogens with zero attached hydrogens (tertiary/aromatic N) is 6. The predicted octanol–water partition coefficient (Wildman–Crippen LogP) is 10.6. The quantitative estimate of drug-likeness (QED) is 0.158. The van der Waals surface area contributed by atoms with Gasteiger partial charge in [-0.25, -0.2) is 0 Å². The summed E-state index contributed by atoms with van der Waals surface area (Å²) in [5.74, 6) is 3.93. The van der Waals surface area contributed by atoms with Gasteiger partial charge in [-0.05, 0) is 0 Å². The van der Waals surface area contributed by atoms with Crippen LogP contribution in [0.5, 0.6) is 0 Å². The van der Waals surface area contributed by atoms with Crippen molar-refractivity contribution < 1.29 is 0 Å². The molecular weight excluding hydrogens is 724 g/mol. The van der Waals surface area contributed by atoms with Crippen molar-refractivity contribution in [3.8, 4) is 68.3 Å². The normalized spacial score (nSPS) is 11.5. The molecule has 0 aliphatic rings. The Kier molecular flexibility index (Phi) is 7.57. The Bertz CT molecular complexity index is 2580. The molecule has 0 aliphatic carbocycles. The van der Waals surface area contributed by atoms with Gasteiger partial charge in [-0.1, -0.05) is 0 Å². The van der Waals surface area contributed by atoms with Crippen LogP contribution in [0.3, 0.4) is 0 Å².